The molecule has 0 N–H and O–H groups in total. The van der Waals surface area contributed by atoms with Crippen molar-refractivity contribution in [3.63, 3.8) is 0 Å². The highest BCUT2D eigenvalue weighted by molar-refractivity contribution is 5.90. The van der Waals surface area contributed by atoms with Crippen LogP contribution in [0.2, 0.25) is 0 Å². The molecule has 0 saturated carbocycles. The fourth-order valence-electron chi connectivity index (χ4n) is 3.45. The van der Waals surface area contributed by atoms with Gasteiger partial charge in [0, 0.05) is 18.2 Å². The first-order chi connectivity index (χ1) is 15.2. The Bertz CT molecular complexity index is 820. The van der Waals surface area contributed by atoms with Gasteiger partial charge >= 0.3 is 11.9 Å². The zero-order valence-corrected chi connectivity index (χ0v) is 18.8. The third kappa shape index (κ3) is 10.3. The molecule has 0 aliphatic carbocycles. The quantitative estimate of drug-likeness (QED) is 0.132. The van der Waals surface area contributed by atoms with Crippen molar-refractivity contribution in [1.29, 1.82) is 0 Å². The number of hydrogen-bond donors (Lipinski definition) is 0. The molecule has 4 heteroatoms. The Morgan fingerprint density at radius 3 is 2.32 bits per heavy atom. The van der Waals surface area contributed by atoms with Crippen LogP contribution in [0.15, 0.2) is 54.6 Å². The van der Waals surface area contributed by atoms with Crippen LogP contribution in [0.5, 0.6) is 5.75 Å². The molecule has 2 rings (SSSR count). The van der Waals surface area contributed by atoms with Gasteiger partial charge in [0.2, 0.25) is 0 Å². The normalized spacial score (nSPS) is 11.1. The largest absolute Gasteiger partial charge is 0.461 e. The molecule has 0 aliphatic rings. The maximum absolute atomic E-state index is 12.1. The van der Waals surface area contributed by atoms with Crippen LogP contribution in [-0.2, 0) is 14.3 Å². The number of fused-ring (bicyclic) bond motifs is 1. The second-order valence-corrected chi connectivity index (χ2v) is 7.87. The molecule has 0 aliphatic heterocycles. The Labute approximate surface area is 186 Å². The maximum Gasteiger partial charge on any atom is 0.311 e. The second-order valence-electron chi connectivity index (χ2n) is 7.87. The molecule has 0 atom stereocenters. The molecule has 0 spiro atoms. The van der Waals surface area contributed by atoms with Crippen molar-refractivity contribution >= 4 is 22.7 Å². The third-order valence-corrected chi connectivity index (χ3v) is 5.22. The zero-order chi connectivity index (χ0) is 22.2. The van der Waals surface area contributed by atoms with Gasteiger partial charge in [0.05, 0.1) is 0 Å². The molecular weight excluding hydrogens is 388 g/mol. The van der Waals surface area contributed by atoms with Crippen molar-refractivity contribution < 1.29 is 19.1 Å². The first-order valence-corrected chi connectivity index (χ1v) is 11.7. The number of hydrogen-bond acceptors (Lipinski definition) is 4. The van der Waals surface area contributed by atoms with Crippen molar-refractivity contribution in [3.8, 4) is 5.75 Å². The van der Waals surface area contributed by atoms with E-state index in [4.69, 9.17) is 9.47 Å². The lowest BCUT2D eigenvalue weighted by molar-refractivity contribution is -0.142. The van der Waals surface area contributed by atoms with Crippen LogP contribution in [-0.4, -0.2) is 18.5 Å². The number of benzene rings is 2. The molecular formula is C27H36O4. The van der Waals surface area contributed by atoms with Crippen LogP contribution in [0.3, 0.4) is 0 Å². The van der Waals surface area contributed by atoms with Crippen molar-refractivity contribution in [1.82, 2.24) is 0 Å². The number of esters is 2. The lowest BCUT2D eigenvalue weighted by Gasteiger charge is -2.07. The smallest absolute Gasteiger partial charge is 0.311 e. The fraction of sp³-hybridized carbons (Fsp3) is 0.481. The lowest BCUT2D eigenvalue weighted by Crippen LogP contribution is -2.10. The van der Waals surface area contributed by atoms with Crippen molar-refractivity contribution in [2.24, 2.45) is 0 Å². The molecule has 0 amide bonds. The molecule has 0 saturated heterocycles. The molecule has 4 nitrogen and oxygen atoms in total. The van der Waals surface area contributed by atoms with E-state index in [0.717, 1.165) is 17.2 Å². The molecule has 0 aromatic heterocycles. The summed E-state index contributed by atoms with van der Waals surface area (Å²) in [5.41, 5.74) is 0. The second kappa shape index (κ2) is 15.2. The van der Waals surface area contributed by atoms with E-state index in [9.17, 15) is 9.59 Å². The summed E-state index contributed by atoms with van der Waals surface area (Å²) in [6, 6.07) is 13.4. The van der Waals surface area contributed by atoms with Crippen LogP contribution in [0.1, 0.15) is 77.6 Å². The minimum absolute atomic E-state index is 0.187. The topological polar surface area (TPSA) is 52.6 Å². The van der Waals surface area contributed by atoms with E-state index in [-0.39, 0.29) is 24.8 Å². The summed E-state index contributed by atoms with van der Waals surface area (Å²) in [5, 5.41) is 1.93. The van der Waals surface area contributed by atoms with Gasteiger partial charge < -0.3 is 9.47 Å². The van der Waals surface area contributed by atoms with Gasteiger partial charge in [-0.1, -0.05) is 94.0 Å². The number of allylic oxidation sites excluding steroid dienone is 1. The molecule has 0 unspecified atom stereocenters. The van der Waals surface area contributed by atoms with Crippen LogP contribution < -0.4 is 4.74 Å². The summed E-state index contributed by atoms with van der Waals surface area (Å²) in [6.07, 6.45) is 14.9. The molecule has 0 fully saturated rings. The maximum atomic E-state index is 12.1. The van der Waals surface area contributed by atoms with Gasteiger partial charge in [-0.3, -0.25) is 9.59 Å². The van der Waals surface area contributed by atoms with E-state index < -0.39 is 0 Å². The van der Waals surface area contributed by atoms with Crippen LogP contribution in [0, 0.1) is 0 Å². The van der Waals surface area contributed by atoms with Crippen molar-refractivity contribution in [2.75, 3.05) is 6.61 Å². The van der Waals surface area contributed by atoms with Gasteiger partial charge in [0.15, 0.2) is 0 Å². The van der Waals surface area contributed by atoms with E-state index in [1.54, 1.807) is 6.07 Å². The minimum Gasteiger partial charge on any atom is -0.461 e. The van der Waals surface area contributed by atoms with Crippen molar-refractivity contribution in [2.45, 2.75) is 77.6 Å². The molecule has 2 aromatic carbocycles. The Kier molecular flexibility index (Phi) is 12.1. The van der Waals surface area contributed by atoms with E-state index >= 15 is 0 Å². The number of ether oxygens (including phenoxy) is 2. The van der Waals surface area contributed by atoms with Gasteiger partial charge in [-0.2, -0.15) is 0 Å². The molecule has 168 valence electrons. The first kappa shape index (κ1) is 24.6. The average molecular weight is 425 g/mol. The van der Waals surface area contributed by atoms with Gasteiger partial charge in [-0.05, 0) is 30.7 Å². The Morgan fingerprint density at radius 2 is 1.48 bits per heavy atom. The number of rotatable bonds is 15. The molecule has 0 heterocycles. The van der Waals surface area contributed by atoms with Crippen LogP contribution in [0.25, 0.3) is 10.8 Å². The highest BCUT2D eigenvalue weighted by Crippen LogP contribution is 2.25. The van der Waals surface area contributed by atoms with Gasteiger partial charge in [-0.25, -0.2) is 0 Å². The Hall–Kier alpha value is -2.62. The SMILES string of the molecule is CCCCCCCCC/C=C/COC(=O)CCCC(=O)Oc1cccc2ccccc12. The average Bonchev–Trinajstić information content (AvgIpc) is 2.78. The monoisotopic (exact) mass is 424 g/mol. The van der Waals surface area contributed by atoms with Gasteiger partial charge in [0.1, 0.15) is 12.4 Å². The van der Waals surface area contributed by atoms with Crippen LogP contribution >= 0.6 is 0 Å². The third-order valence-electron chi connectivity index (χ3n) is 5.22. The highest BCUT2D eigenvalue weighted by Gasteiger charge is 2.10. The zero-order valence-electron chi connectivity index (χ0n) is 18.8. The summed E-state index contributed by atoms with van der Waals surface area (Å²) in [5.74, 6) is -0.0611. The number of unbranched alkanes of at least 4 members (excludes halogenated alkanes) is 7. The molecule has 31 heavy (non-hydrogen) atoms. The summed E-state index contributed by atoms with van der Waals surface area (Å²) in [7, 11) is 0. The Morgan fingerprint density at radius 1 is 0.774 bits per heavy atom. The summed E-state index contributed by atoms with van der Waals surface area (Å²) in [4.78, 5) is 23.9. The van der Waals surface area contributed by atoms with E-state index in [1.165, 1.54) is 44.9 Å². The van der Waals surface area contributed by atoms with E-state index in [1.807, 2.05) is 42.5 Å². The van der Waals surface area contributed by atoms with Crippen LogP contribution in [0.4, 0.5) is 0 Å². The minimum atomic E-state index is -0.334. The van der Waals surface area contributed by atoms with Crippen molar-refractivity contribution in [3.05, 3.63) is 54.6 Å². The van der Waals surface area contributed by atoms with Gasteiger partial charge in [0.25, 0.3) is 0 Å². The summed E-state index contributed by atoms with van der Waals surface area (Å²) < 4.78 is 10.7. The predicted molar refractivity (Wildman–Crippen MR) is 126 cm³/mol. The summed E-state index contributed by atoms with van der Waals surface area (Å²) >= 11 is 0. The number of carbonyl (C=O) groups excluding carboxylic acids is 2. The standard InChI is InChI=1S/C27H36O4/c1-2-3-4-5-6-7-8-9-10-13-22-30-26(28)20-15-21-27(29)31-25-19-14-17-23-16-11-12-18-24(23)25/h10-14,16-19H,2-9,15,20-22H2,1H3/b13-10+. The molecule has 0 radical (unpaired) electrons. The first-order valence-electron chi connectivity index (χ1n) is 11.7. The van der Waals surface area contributed by atoms with E-state index in [0.29, 0.717) is 18.8 Å². The number of carbonyl (C=O) groups is 2. The molecule has 0 bridgehead atoms. The predicted octanol–water partition coefficient (Wildman–Crippen LogP) is 7.16. The van der Waals surface area contributed by atoms with Gasteiger partial charge in [-0.15, -0.1) is 0 Å². The Balaban J connectivity index is 1.52. The summed E-state index contributed by atoms with van der Waals surface area (Å²) in [6.45, 7) is 2.54. The molecule has 2 aromatic rings. The van der Waals surface area contributed by atoms with E-state index in [2.05, 4.69) is 13.0 Å². The highest BCUT2D eigenvalue weighted by atomic mass is 16.5. The lowest BCUT2D eigenvalue weighted by atomic mass is 10.1. The fourth-order valence-corrected chi connectivity index (χ4v) is 3.45.